The molecular formula is C21H24ClFN2O4. The predicted octanol–water partition coefficient (Wildman–Crippen LogP) is 4.36. The number of carbonyl (C=O) groups is 1. The van der Waals surface area contributed by atoms with Gasteiger partial charge in [0, 0.05) is 24.3 Å². The summed E-state index contributed by atoms with van der Waals surface area (Å²) in [5, 5.41) is 2.93. The van der Waals surface area contributed by atoms with E-state index < -0.39 is 11.7 Å². The molecule has 2 aromatic carbocycles. The number of ether oxygens (including phenoxy) is 3. The Balaban J connectivity index is 1.78. The molecule has 0 radical (unpaired) electrons. The minimum absolute atomic E-state index is 0.0207. The standard InChI is InChI=1S/C21H24ClFN2O4/c1-12-10-25(11-13(2)29-12)18-6-5-15(9-17(18)23)24-21(26)14-7-16(22)20(28-4)19(8-14)27-3/h5-9,12-13H,10-11H2,1-4H3,(H,24,26). The minimum atomic E-state index is -0.436. The van der Waals surface area contributed by atoms with E-state index >= 15 is 0 Å². The lowest BCUT2D eigenvalue weighted by Crippen LogP contribution is -2.45. The lowest BCUT2D eigenvalue weighted by Gasteiger charge is -2.37. The third-order valence-electron chi connectivity index (χ3n) is 4.66. The zero-order chi connectivity index (χ0) is 21.1. The second-order valence-corrected chi connectivity index (χ2v) is 7.38. The van der Waals surface area contributed by atoms with Gasteiger partial charge in [0.2, 0.25) is 0 Å². The number of amides is 1. The topological polar surface area (TPSA) is 60.0 Å². The average molecular weight is 423 g/mol. The van der Waals surface area contributed by atoms with Crippen LogP contribution in [0.4, 0.5) is 15.8 Å². The number of halogens is 2. The van der Waals surface area contributed by atoms with Gasteiger partial charge in [-0.15, -0.1) is 0 Å². The Kier molecular flexibility index (Phi) is 6.49. The summed E-state index contributed by atoms with van der Waals surface area (Å²) in [7, 11) is 2.92. The number of nitrogens with one attached hydrogen (secondary N) is 1. The molecule has 0 aromatic heterocycles. The molecule has 1 amide bonds. The monoisotopic (exact) mass is 422 g/mol. The fraction of sp³-hybridized carbons (Fsp3) is 0.381. The lowest BCUT2D eigenvalue weighted by atomic mass is 10.1. The van der Waals surface area contributed by atoms with Gasteiger partial charge in [0.15, 0.2) is 11.5 Å². The molecule has 1 fully saturated rings. The first kappa shape index (κ1) is 21.2. The Morgan fingerprint density at radius 2 is 1.86 bits per heavy atom. The van der Waals surface area contributed by atoms with Gasteiger partial charge in [-0.25, -0.2) is 4.39 Å². The molecule has 0 saturated carbocycles. The summed E-state index contributed by atoms with van der Waals surface area (Å²) < 4.78 is 30.8. The van der Waals surface area contributed by atoms with Crippen molar-refractivity contribution in [1.29, 1.82) is 0 Å². The highest BCUT2D eigenvalue weighted by atomic mass is 35.5. The van der Waals surface area contributed by atoms with Crippen molar-refractivity contribution in [1.82, 2.24) is 0 Å². The van der Waals surface area contributed by atoms with Gasteiger partial charge in [-0.1, -0.05) is 11.6 Å². The third-order valence-corrected chi connectivity index (χ3v) is 4.94. The lowest BCUT2D eigenvalue weighted by molar-refractivity contribution is -0.00539. The smallest absolute Gasteiger partial charge is 0.255 e. The van der Waals surface area contributed by atoms with Crippen LogP contribution in [0.15, 0.2) is 30.3 Å². The zero-order valence-electron chi connectivity index (χ0n) is 16.8. The molecular weight excluding hydrogens is 399 g/mol. The number of morpholine rings is 1. The summed E-state index contributed by atoms with van der Waals surface area (Å²) in [6, 6.07) is 7.63. The number of benzene rings is 2. The molecule has 8 heteroatoms. The Bertz CT molecular complexity index is 898. The van der Waals surface area contributed by atoms with Crippen LogP contribution in [0.3, 0.4) is 0 Å². The van der Waals surface area contributed by atoms with Gasteiger partial charge in [0.1, 0.15) is 5.82 Å². The molecule has 1 heterocycles. The van der Waals surface area contributed by atoms with E-state index in [1.165, 1.54) is 32.4 Å². The van der Waals surface area contributed by atoms with Crippen LogP contribution in [0, 0.1) is 5.82 Å². The van der Waals surface area contributed by atoms with E-state index in [0.29, 0.717) is 36.0 Å². The van der Waals surface area contributed by atoms with Crippen LogP contribution in [-0.2, 0) is 4.74 Å². The van der Waals surface area contributed by atoms with Crippen LogP contribution in [0.2, 0.25) is 5.02 Å². The first-order valence-electron chi connectivity index (χ1n) is 9.25. The molecule has 0 aliphatic carbocycles. The van der Waals surface area contributed by atoms with Crippen molar-refractivity contribution in [2.45, 2.75) is 26.1 Å². The summed E-state index contributed by atoms with van der Waals surface area (Å²) in [5.41, 5.74) is 1.10. The van der Waals surface area contributed by atoms with Crippen LogP contribution in [0.25, 0.3) is 0 Å². The van der Waals surface area contributed by atoms with E-state index in [-0.39, 0.29) is 22.8 Å². The van der Waals surface area contributed by atoms with Gasteiger partial charge in [-0.2, -0.15) is 0 Å². The summed E-state index contributed by atoms with van der Waals surface area (Å²) >= 11 is 6.16. The quantitative estimate of drug-likeness (QED) is 0.775. The zero-order valence-corrected chi connectivity index (χ0v) is 17.5. The Hall–Kier alpha value is -2.51. The third kappa shape index (κ3) is 4.74. The molecule has 156 valence electrons. The van der Waals surface area contributed by atoms with Gasteiger partial charge in [-0.3, -0.25) is 4.79 Å². The first-order chi connectivity index (χ1) is 13.8. The molecule has 1 N–H and O–H groups in total. The molecule has 29 heavy (non-hydrogen) atoms. The number of anilines is 2. The highest BCUT2D eigenvalue weighted by Crippen LogP contribution is 2.36. The number of carbonyl (C=O) groups excluding carboxylic acids is 1. The fourth-order valence-electron chi connectivity index (χ4n) is 3.47. The normalized spacial score (nSPS) is 19.0. The Morgan fingerprint density at radius 1 is 1.17 bits per heavy atom. The maximum Gasteiger partial charge on any atom is 0.255 e. The highest BCUT2D eigenvalue weighted by Gasteiger charge is 2.24. The summed E-state index contributed by atoms with van der Waals surface area (Å²) in [6.07, 6.45) is 0.0414. The van der Waals surface area contributed by atoms with E-state index in [2.05, 4.69) is 5.32 Å². The highest BCUT2D eigenvalue weighted by molar-refractivity contribution is 6.32. The van der Waals surface area contributed by atoms with Crippen LogP contribution < -0.4 is 19.7 Å². The average Bonchev–Trinajstić information content (AvgIpc) is 2.66. The second-order valence-electron chi connectivity index (χ2n) is 6.98. The van der Waals surface area contributed by atoms with Crippen molar-refractivity contribution in [3.05, 3.63) is 46.7 Å². The van der Waals surface area contributed by atoms with Gasteiger partial charge >= 0.3 is 0 Å². The molecule has 6 nitrogen and oxygen atoms in total. The Labute approximate surface area is 174 Å². The molecule has 1 aliphatic heterocycles. The molecule has 2 aromatic rings. The van der Waals surface area contributed by atoms with Crippen molar-refractivity contribution in [3.63, 3.8) is 0 Å². The van der Waals surface area contributed by atoms with Crippen LogP contribution in [0.5, 0.6) is 11.5 Å². The number of hydrogen-bond donors (Lipinski definition) is 1. The van der Waals surface area contributed by atoms with E-state index in [9.17, 15) is 9.18 Å². The summed E-state index contributed by atoms with van der Waals surface area (Å²) in [6.45, 7) is 5.14. The summed E-state index contributed by atoms with van der Waals surface area (Å²) in [5.74, 6) is -0.166. The van der Waals surface area contributed by atoms with Crippen molar-refractivity contribution in [2.24, 2.45) is 0 Å². The number of nitrogens with zero attached hydrogens (tertiary/aromatic N) is 1. The number of methoxy groups -OCH3 is 2. The van der Waals surface area contributed by atoms with E-state index in [1.54, 1.807) is 12.1 Å². The van der Waals surface area contributed by atoms with Crippen molar-refractivity contribution < 1.29 is 23.4 Å². The maximum absolute atomic E-state index is 14.7. The van der Waals surface area contributed by atoms with Crippen molar-refractivity contribution in [3.8, 4) is 11.5 Å². The Morgan fingerprint density at radius 3 is 2.45 bits per heavy atom. The van der Waals surface area contributed by atoms with Crippen molar-refractivity contribution >= 4 is 28.9 Å². The fourth-order valence-corrected chi connectivity index (χ4v) is 3.76. The molecule has 2 unspecified atom stereocenters. The van der Waals surface area contributed by atoms with Gasteiger partial charge in [-0.05, 0) is 44.2 Å². The molecule has 2 atom stereocenters. The SMILES string of the molecule is COc1cc(C(=O)Nc2ccc(N3CC(C)OC(C)C3)c(F)c2)cc(Cl)c1OC. The molecule has 0 spiro atoms. The van der Waals surface area contributed by atoms with E-state index in [1.807, 2.05) is 18.7 Å². The van der Waals surface area contributed by atoms with Crippen LogP contribution in [-0.4, -0.2) is 45.4 Å². The van der Waals surface area contributed by atoms with E-state index in [4.69, 9.17) is 25.8 Å². The van der Waals surface area contributed by atoms with Crippen molar-refractivity contribution in [2.75, 3.05) is 37.5 Å². The van der Waals surface area contributed by atoms with Gasteiger partial charge < -0.3 is 24.4 Å². The largest absolute Gasteiger partial charge is 0.493 e. The van der Waals surface area contributed by atoms with Gasteiger partial charge in [0.25, 0.3) is 5.91 Å². The van der Waals surface area contributed by atoms with Gasteiger partial charge in [0.05, 0.1) is 37.1 Å². The minimum Gasteiger partial charge on any atom is -0.493 e. The summed E-state index contributed by atoms with van der Waals surface area (Å²) in [4.78, 5) is 14.6. The van der Waals surface area contributed by atoms with E-state index in [0.717, 1.165) is 0 Å². The number of rotatable bonds is 5. The molecule has 1 saturated heterocycles. The first-order valence-corrected chi connectivity index (χ1v) is 9.63. The predicted molar refractivity (Wildman–Crippen MR) is 111 cm³/mol. The van der Waals surface area contributed by atoms with Crippen LogP contribution >= 0.6 is 11.6 Å². The molecule has 0 bridgehead atoms. The second kappa shape index (κ2) is 8.88. The number of hydrogen-bond acceptors (Lipinski definition) is 5. The molecule has 3 rings (SSSR count). The van der Waals surface area contributed by atoms with Crippen LogP contribution in [0.1, 0.15) is 24.2 Å². The molecule has 1 aliphatic rings. The maximum atomic E-state index is 14.7.